The molecule has 0 spiro atoms. The Morgan fingerprint density at radius 1 is 1.22 bits per heavy atom. The summed E-state index contributed by atoms with van der Waals surface area (Å²) >= 11 is 2.89. The second kappa shape index (κ2) is 8.23. The lowest BCUT2D eigenvalue weighted by Gasteiger charge is -2.38. The maximum Gasteiger partial charge on any atom is 0.202 e. The van der Waals surface area contributed by atoms with Crippen molar-refractivity contribution in [2.75, 3.05) is 25.7 Å². The molecule has 1 unspecified atom stereocenters. The number of ether oxygens (including phenoxy) is 1. The molecule has 144 valence electrons. The van der Waals surface area contributed by atoms with Crippen molar-refractivity contribution >= 4 is 41.0 Å². The molecule has 4 nitrogen and oxygen atoms in total. The van der Waals surface area contributed by atoms with Gasteiger partial charge >= 0.3 is 0 Å². The molecule has 3 rings (SSSR count). The molecule has 1 aliphatic carbocycles. The molecule has 1 atom stereocenters. The molecule has 0 saturated carbocycles. The number of thioether (sulfide) groups is 2. The Balaban J connectivity index is 2.32. The first-order valence-electron chi connectivity index (χ1n) is 9.16. The van der Waals surface area contributed by atoms with E-state index in [1.54, 1.807) is 0 Å². The quantitative estimate of drug-likeness (QED) is 0.517. The van der Waals surface area contributed by atoms with E-state index in [1.807, 2.05) is 36.8 Å². The van der Waals surface area contributed by atoms with Gasteiger partial charge in [0.05, 0.1) is 16.4 Å². The minimum Gasteiger partial charge on any atom is -0.478 e. The summed E-state index contributed by atoms with van der Waals surface area (Å²) in [6, 6.07) is 7.45. The predicted molar refractivity (Wildman–Crippen MR) is 114 cm³/mol. The zero-order valence-electron chi connectivity index (χ0n) is 16.2. The van der Waals surface area contributed by atoms with Crippen LogP contribution in [0.4, 0.5) is 0 Å². The molecule has 2 aliphatic rings. The predicted octanol–water partition coefficient (Wildman–Crippen LogP) is 4.49. The minimum absolute atomic E-state index is 0.161. The Morgan fingerprint density at radius 2 is 1.93 bits per heavy atom. The first-order valence-corrected chi connectivity index (χ1v) is 11.6. The van der Waals surface area contributed by atoms with Crippen LogP contribution in [-0.4, -0.2) is 43.1 Å². The molecule has 1 aromatic rings. The highest BCUT2D eigenvalue weighted by Crippen LogP contribution is 2.46. The van der Waals surface area contributed by atoms with Crippen molar-refractivity contribution in [2.24, 2.45) is 10.9 Å². The van der Waals surface area contributed by atoms with Gasteiger partial charge in [-0.05, 0) is 36.8 Å². The number of hydrogen-bond acceptors (Lipinski definition) is 6. The summed E-state index contributed by atoms with van der Waals surface area (Å²) in [7, 11) is 0. The highest BCUT2D eigenvalue weighted by Gasteiger charge is 2.55. The number of ketones is 2. The average molecular weight is 404 g/mol. The normalized spacial score (nSPS) is 22.0. The van der Waals surface area contributed by atoms with Crippen LogP contribution in [0.5, 0.6) is 0 Å². The fraction of sp³-hybridized carbons (Fsp3) is 0.476. The number of hydrogen-bond donors (Lipinski definition) is 0. The summed E-state index contributed by atoms with van der Waals surface area (Å²) in [5.41, 5.74) is 0.619. The van der Waals surface area contributed by atoms with Crippen LogP contribution in [0.25, 0.3) is 0 Å². The summed E-state index contributed by atoms with van der Waals surface area (Å²) in [5, 5.41) is 0. The lowest BCUT2D eigenvalue weighted by atomic mass is 9.64. The van der Waals surface area contributed by atoms with Gasteiger partial charge in [0, 0.05) is 5.56 Å². The standard InChI is InChI=1S/C21H25NO3S2/c1-13(2)9-10-21(20-22-11-12-25-20)15-8-6-5-7-14(15)17(23)16(18(21)24)19(26-3)27-4/h5-8,13H,9-12H2,1-4H3. The molecular weight excluding hydrogens is 378 g/mol. The highest BCUT2D eigenvalue weighted by molar-refractivity contribution is 8.21. The second-order valence-electron chi connectivity index (χ2n) is 7.15. The Bertz CT molecular complexity index is 822. The van der Waals surface area contributed by atoms with Gasteiger partial charge in [-0.15, -0.1) is 23.5 Å². The SMILES string of the molecule is CSC(SC)=C1C(=O)c2ccccc2C(CCC(C)C)(C2=NCCO2)C1=O. The number of carbonyl (C=O) groups excluding carboxylic acids is 2. The smallest absolute Gasteiger partial charge is 0.202 e. The van der Waals surface area contributed by atoms with Crippen LogP contribution in [0.15, 0.2) is 39.1 Å². The Labute approximate surface area is 169 Å². The molecule has 27 heavy (non-hydrogen) atoms. The van der Waals surface area contributed by atoms with Crippen LogP contribution in [0.3, 0.4) is 0 Å². The summed E-state index contributed by atoms with van der Waals surface area (Å²) in [6.07, 6.45) is 5.24. The summed E-state index contributed by atoms with van der Waals surface area (Å²) in [5.74, 6) is 0.556. The first-order chi connectivity index (χ1) is 13.0. The molecule has 0 saturated heterocycles. The molecule has 0 radical (unpaired) electrons. The van der Waals surface area contributed by atoms with Crippen molar-refractivity contribution in [1.82, 2.24) is 0 Å². The van der Waals surface area contributed by atoms with Crippen LogP contribution >= 0.6 is 23.5 Å². The molecule has 6 heteroatoms. The minimum atomic E-state index is -1.00. The van der Waals surface area contributed by atoms with Crippen LogP contribution < -0.4 is 0 Å². The van der Waals surface area contributed by atoms with E-state index in [4.69, 9.17) is 4.74 Å². The molecular formula is C21H25NO3S2. The average Bonchev–Trinajstić information content (AvgIpc) is 3.20. The number of allylic oxidation sites excluding steroid dienone is 1. The van der Waals surface area contributed by atoms with Gasteiger partial charge in [0.25, 0.3) is 0 Å². The lowest BCUT2D eigenvalue weighted by Crippen LogP contribution is -2.50. The number of aliphatic imine (C=N–C) groups is 1. The number of benzene rings is 1. The third-order valence-corrected chi connectivity index (χ3v) is 7.25. The fourth-order valence-corrected chi connectivity index (χ4v) is 5.21. The maximum atomic E-state index is 13.9. The number of carbonyl (C=O) groups is 2. The molecule has 0 fully saturated rings. The van der Waals surface area contributed by atoms with E-state index >= 15 is 0 Å². The van der Waals surface area contributed by atoms with E-state index in [2.05, 4.69) is 18.8 Å². The molecule has 0 bridgehead atoms. The number of nitrogens with zero attached hydrogens (tertiary/aromatic N) is 1. The molecule has 0 N–H and O–H groups in total. The lowest BCUT2D eigenvalue weighted by molar-refractivity contribution is -0.119. The van der Waals surface area contributed by atoms with Crippen molar-refractivity contribution < 1.29 is 14.3 Å². The van der Waals surface area contributed by atoms with E-state index in [1.165, 1.54) is 23.5 Å². The third kappa shape index (κ3) is 3.38. The summed E-state index contributed by atoms with van der Waals surface area (Å²) in [6.45, 7) is 5.32. The van der Waals surface area contributed by atoms with Gasteiger partial charge in [0.2, 0.25) is 5.90 Å². The fourth-order valence-electron chi connectivity index (χ4n) is 3.77. The van der Waals surface area contributed by atoms with Gasteiger partial charge < -0.3 is 4.74 Å². The van der Waals surface area contributed by atoms with Gasteiger partial charge in [-0.3, -0.25) is 14.6 Å². The van der Waals surface area contributed by atoms with Crippen molar-refractivity contribution in [3.05, 3.63) is 45.2 Å². The van der Waals surface area contributed by atoms with Crippen molar-refractivity contribution in [2.45, 2.75) is 32.1 Å². The molecule has 1 aliphatic heterocycles. The van der Waals surface area contributed by atoms with E-state index in [0.29, 0.717) is 37.0 Å². The summed E-state index contributed by atoms with van der Waals surface area (Å²) in [4.78, 5) is 31.7. The van der Waals surface area contributed by atoms with Crippen LogP contribution in [0.2, 0.25) is 0 Å². The van der Waals surface area contributed by atoms with Gasteiger partial charge in [-0.1, -0.05) is 38.1 Å². The third-order valence-electron chi connectivity index (χ3n) is 5.10. The number of Topliss-reactive ketones (excluding diaryl/α,β-unsaturated/α-hetero) is 2. The van der Waals surface area contributed by atoms with Gasteiger partial charge in [-0.2, -0.15) is 0 Å². The Kier molecular flexibility index (Phi) is 6.16. The maximum absolute atomic E-state index is 13.9. The number of fused-ring (bicyclic) bond motifs is 1. The summed E-state index contributed by atoms with van der Waals surface area (Å²) < 4.78 is 6.62. The van der Waals surface area contributed by atoms with Gasteiger partial charge in [-0.25, -0.2) is 0 Å². The van der Waals surface area contributed by atoms with Crippen molar-refractivity contribution in [3.63, 3.8) is 0 Å². The van der Waals surface area contributed by atoms with Crippen molar-refractivity contribution in [1.29, 1.82) is 0 Å². The zero-order valence-corrected chi connectivity index (χ0v) is 17.8. The molecule has 1 heterocycles. The highest BCUT2D eigenvalue weighted by atomic mass is 32.2. The van der Waals surface area contributed by atoms with E-state index in [-0.39, 0.29) is 17.1 Å². The van der Waals surface area contributed by atoms with E-state index in [9.17, 15) is 9.59 Å². The van der Waals surface area contributed by atoms with Gasteiger partial charge in [0.15, 0.2) is 11.6 Å². The van der Waals surface area contributed by atoms with Crippen molar-refractivity contribution in [3.8, 4) is 0 Å². The molecule has 1 aromatic carbocycles. The largest absolute Gasteiger partial charge is 0.478 e. The van der Waals surface area contributed by atoms with Crippen LogP contribution in [0, 0.1) is 5.92 Å². The van der Waals surface area contributed by atoms with Crippen LogP contribution in [0.1, 0.15) is 42.6 Å². The monoisotopic (exact) mass is 403 g/mol. The topological polar surface area (TPSA) is 55.7 Å². The van der Waals surface area contributed by atoms with Crippen LogP contribution in [-0.2, 0) is 14.9 Å². The van der Waals surface area contributed by atoms with E-state index < -0.39 is 5.41 Å². The first kappa shape index (κ1) is 20.2. The second-order valence-corrected chi connectivity index (χ2v) is 9.04. The zero-order chi connectivity index (χ0) is 19.6. The Hall–Kier alpha value is -1.53. The van der Waals surface area contributed by atoms with Gasteiger partial charge in [0.1, 0.15) is 12.0 Å². The molecule has 0 amide bonds. The van der Waals surface area contributed by atoms with E-state index in [0.717, 1.165) is 16.2 Å². The number of rotatable bonds is 6. The Morgan fingerprint density at radius 3 is 2.52 bits per heavy atom. The molecule has 0 aromatic heterocycles.